The van der Waals surface area contributed by atoms with E-state index in [1.807, 2.05) is 43.3 Å². The zero-order valence-electron chi connectivity index (χ0n) is 17.0. The van der Waals surface area contributed by atoms with Gasteiger partial charge in [0.05, 0.1) is 25.1 Å². The van der Waals surface area contributed by atoms with E-state index in [1.54, 1.807) is 0 Å². The third-order valence-electron chi connectivity index (χ3n) is 5.39. The number of hydrogen-bond acceptors (Lipinski definition) is 4. The molecule has 1 saturated heterocycles. The van der Waals surface area contributed by atoms with Crippen LogP contribution >= 0.6 is 0 Å². The van der Waals surface area contributed by atoms with E-state index < -0.39 is 0 Å². The Balaban J connectivity index is 1.56. The van der Waals surface area contributed by atoms with Gasteiger partial charge in [-0.2, -0.15) is 0 Å². The first kappa shape index (κ1) is 21.1. The molecule has 0 spiro atoms. The van der Waals surface area contributed by atoms with Gasteiger partial charge in [0.1, 0.15) is 0 Å². The van der Waals surface area contributed by atoms with Gasteiger partial charge >= 0.3 is 5.97 Å². The topological polar surface area (TPSA) is 58.6 Å². The van der Waals surface area contributed by atoms with E-state index in [1.165, 1.54) is 5.56 Å². The maximum Gasteiger partial charge on any atom is 0.309 e. The Bertz CT molecular complexity index is 771. The number of carbonyl (C=O) groups is 2. The Morgan fingerprint density at radius 3 is 2.28 bits per heavy atom. The Morgan fingerprint density at radius 1 is 1.03 bits per heavy atom. The lowest BCUT2D eigenvalue weighted by molar-refractivity contribution is -0.149. The van der Waals surface area contributed by atoms with E-state index in [2.05, 4.69) is 34.5 Å². The summed E-state index contributed by atoms with van der Waals surface area (Å²) < 4.78 is 5.12. The Hall–Kier alpha value is -2.66. The summed E-state index contributed by atoms with van der Waals surface area (Å²) in [5, 5.41) is 3.21. The van der Waals surface area contributed by atoms with Crippen LogP contribution in [0.15, 0.2) is 60.7 Å². The van der Waals surface area contributed by atoms with Gasteiger partial charge in [-0.25, -0.2) is 0 Å². The molecular weight excluding hydrogens is 364 g/mol. The lowest BCUT2D eigenvalue weighted by Crippen LogP contribution is -2.44. The van der Waals surface area contributed by atoms with Crippen LogP contribution in [0, 0.1) is 5.92 Å². The molecule has 3 rings (SSSR count). The number of nitrogens with zero attached hydrogens (tertiary/aromatic N) is 1. The van der Waals surface area contributed by atoms with Crippen LogP contribution in [0.25, 0.3) is 0 Å². The van der Waals surface area contributed by atoms with E-state index >= 15 is 0 Å². The van der Waals surface area contributed by atoms with Gasteiger partial charge in [-0.05, 0) is 50.4 Å². The molecule has 5 heteroatoms. The van der Waals surface area contributed by atoms with Crippen molar-refractivity contribution in [2.75, 3.05) is 26.2 Å². The van der Waals surface area contributed by atoms with Gasteiger partial charge in [-0.1, -0.05) is 60.7 Å². The molecule has 2 aromatic carbocycles. The molecule has 1 fully saturated rings. The summed E-state index contributed by atoms with van der Waals surface area (Å²) in [5.41, 5.74) is 2.29. The first-order valence-electron chi connectivity index (χ1n) is 10.4. The van der Waals surface area contributed by atoms with Gasteiger partial charge in [0.2, 0.25) is 5.91 Å². The first-order valence-corrected chi connectivity index (χ1v) is 10.4. The number of amides is 1. The highest BCUT2D eigenvalue weighted by molar-refractivity contribution is 5.78. The van der Waals surface area contributed by atoms with E-state index in [9.17, 15) is 9.59 Å². The maximum atomic E-state index is 12.8. The van der Waals surface area contributed by atoms with Gasteiger partial charge < -0.3 is 10.1 Å². The third kappa shape index (κ3) is 6.43. The zero-order valence-corrected chi connectivity index (χ0v) is 17.0. The van der Waals surface area contributed by atoms with Gasteiger partial charge in [0, 0.05) is 0 Å². The zero-order chi connectivity index (χ0) is 20.5. The molecule has 0 aliphatic carbocycles. The summed E-state index contributed by atoms with van der Waals surface area (Å²) in [4.78, 5) is 26.8. The average Bonchev–Trinajstić information content (AvgIpc) is 2.75. The summed E-state index contributed by atoms with van der Waals surface area (Å²) >= 11 is 0. The predicted octanol–water partition coefficient (Wildman–Crippen LogP) is 3.36. The van der Waals surface area contributed by atoms with Gasteiger partial charge in [-0.3, -0.25) is 14.5 Å². The molecule has 0 unspecified atom stereocenters. The summed E-state index contributed by atoms with van der Waals surface area (Å²) in [7, 11) is 0. The Labute approximate surface area is 173 Å². The highest BCUT2D eigenvalue weighted by Crippen LogP contribution is 2.20. The van der Waals surface area contributed by atoms with Crippen LogP contribution in [0.5, 0.6) is 0 Å². The third-order valence-corrected chi connectivity index (χ3v) is 5.39. The fraction of sp³-hybridized carbons (Fsp3) is 0.417. The minimum Gasteiger partial charge on any atom is -0.466 e. The number of likely N-dealkylation sites (tertiary alicyclic amines) is 1. The molecule has 1 atom stereocenters. The molecule has 5 nitrogen and oxygen atoms in total. The number of rotatable bonds is 8. The lowest BCUT2D eigenvalue weighted by Gasteiger charge is -2.30. The number of nitrogens with one attached hydrogen (secondary N) is 1. The SMILES string of the molecule is CCOC(=O)C1CCN(CC(=O)N[C@@H](Cc2ccccc2)c2ccccc2)CC1. The van der Waals surface area contributed by atoms with Crippen molar-refractivity contribution >= 4 is 11.9 Å². The summed E-state index contributed by atoms with van der Waals surface area (Å²) in [5.74, 6) is -0.127. The molecule has 1 amide bonds. The molecule has 0 radical (unpaired) electrons. The van der Waals surface area contributed by atoms with Crippen molar-refractivity contribution in [3.8, 4) is 0 Å². The number of carbonyl (C=O) groups excluding carboxylic acids is 2. The van der Waals surface area contributed by atoms with E-state index in [-0.39, 0.29) is 23.8 Å². The molecule has 154 valence electrons. The molecule has 2 aromatic rings. The molecule has 0 saturated carbocycles. The number of piperidine rings is 1. The maximum absolute atomic E-state index is 12.8. The van der Waals surface area contributed by atoms with E-state index in [0.29, 0.717) is 13.2 Å². The smallest absolute Gasteiger partial charge is 0.309 e. The van der Waals surface area contributed by atoms with Crippen LogP contribution in [0.2, 0.25) is 0 Å². The molecule has 1 N–H and O–H groups in total. The molecule has 1 aliphatic rings. The van der Waals surface area contributed by atoms with E-state index in [0.717, 1.165) is 37.9 Å². The van der Waals surface area contributed by atoms with Crippen LogP contribution in [-0.2, 0) is 20.7 Å². The van der Waals surface area contributed by atoms with Crippen molar-refractivity contribution in [1.82, 2.24) is 10.2 Å². The van der Waals surface area contributed by atoms with Crippen LogP contribution in [0.3, 0.4) is 0 Å². The normalized spacial score (nSPS) is 16.2. The lowest BCUT2D eigenvalue weighted by atomic mass is 9.97. The largest absolute Gasteiger partial charge is 0.466 e. The fourth-order valence-corrected chi connectivity index (χ4v) is 3.82. The number of esters is 1. The van der Waals surface area contributed by atoms with Crippen molar-refractivity contribution in [2.24, 2.45) is 5.92 Å². The van der Waals surface area contributed by atoms with E-state index in [4.69, 9.17) is 4.74 Å². The van der Waals surface area contributed by atoms with Crippen LogP contribution in [0.1, 0.15) is 36.9 Å². The minimum atomic E-state index is -0.108. The number of hydrogen-bond donors (Lipinski definition) is 1. The van der Waals surface area contributed by atoms with Crippen LogP contribution in [-0.4, -0.2) is 43.0 Å². The molecule has 29 heavy (non-hydrogen) atoms. The highest BCUT2D eigenvalue weighted by Gasteiger charge is 2.27. The van der Waals surface area contributed by atoms with Crippen LogP contribution < -0.4 is 5.32 Å². The average molecular weight is 395 g/mol. The van der Waals surface area contributed by atoms with Crippen molar-refractivity contribution in [3.05, 3.63) is 71.8 Å². The predicted molar refractivity (Wildman–Crippen MR) is 113 cm³/mol. The standard InChI is InChI=1S/C24H30N2O3/c1-2-29-24(28)21-13-15-26(16-14-21)18-23(27)25-22(20-11-7-4-8-12-20)17-19-9-5-3-6-10-19/h3-12,21-22H,2,13-18H2,1H3,(H,25,27)/t22-/m0/s1. The summed E-state index contributed by atoms with van der Waals surface area (Å²) in [6, 6.07) is 20.2. The monoisotopic (exact) mass is 394 g/mol. The molecule has 0 aromatic heterocycles. The molecule has 1 aliphatic heterocycles. The molecule has 1 heterocycles. The fourth-order valence-electron chi connectivity index (χ4n) is 3.82. The van der Waals surface area contributed by atoms with Gasteiger partial charge in [0.15, 0.2) is 0 Å². The van der Waals surface area contributed by atoms with Gasteiger partial charge in [0.25, 0.3) is 0 Å². The molecule has 0 bridgehead atoms. The summed E-state index contributed by atoms with van der Waals surface area (Å²) in [6.07, 6.45) is 2.25. The Morgan fingerprint density at radius 2 is 1.66 bits per heavy atom. The van der Waals surface area contributed by atoms with Crippen molar-refractivity contribution in [1.29, 1.82) is 0 Å². The quantitative estimate of drug-likeness (QED) is 0.698. The van der Waals surface area contributed by atoms with Crippen LogP contribution in [0.4, 0.5) is 0 Å². The number of benzene rings is 2. The second-order valence-electron chi connectivity index (χ2n) is 7.52. The first-order chi connectivity index (χ1) is 14.2. The van der Waals surface area contributed by atoms with Crippen molar-refractivity contribution in [2.45, 2.75) is 32.2 Å². The highest BCUT2D eigenvalue weighted by atomic mass is 16.5. The summed E-state index contributed by atoms with van der Waals surface area (Å²) in [6.45, 7) is 4.09. The number of ether oxygens (including phenoxy) is 1. The minimum absolute atomic E-state index is 0.0179. The molecular formula is C24H30N2O3. The second-order valence-corrected chi connectivity index (χ2v) is 7.52. The van der Waals surface area contributed by atoms with Crippen molar-refractivity contribution in [3.63, 3.8) is 0 Å². The second kappa shape index (κ2) is 10.8. The Kier molecular flexibility index (Phi) is 7.82. The van der Waals surface area contributed by atoms with Gasteiger partial charge in [-0.15, -0.1) is 0 Å². The van der Waals surface area contributed by atoms with Crippen molar-refractivity contribution < 1.29 is 14.3 Å².